The van der Waals surface area contributed by atoms with E-state index in [1.165, 1.54) is 0 Å². The molecule has 1 heterocycles. The van der Waals surface area contributed by atoms with Gasteiger partial charge in [-0.15, -0.1) is 0 Å². The number of hydrogen-bond donors (Lipinski definition) is 1. The molecule has 1 aromatic carbocycles. The Morgan fingerprint density at radius 2 is 2.05 bits per heavy atom. The van der Waals surface area contributed by atoms with Gasteiger partial charge >= 0.3 is 0 Å². The molecule has 1 amide bonds. The van der Waals surface area contributed by atoms with Gasteiger partial charge in [-0.1, -0.05) is 36.7 Å². The van der Waals surface area contributed by atoms with Gasteiger partial charge < -0.3 is 10.2 Å². The summed E-state index contributed by atoms with van der Waals surface area (Å²) in [5.74, 6) is 1.18. The molecule has 120 valence electrons. The summed E-state index contributed by atoms with van der Waals surface area (Å²) in [5.41, 5.74) is 1.15. The normalized spacial score (nSPS) is 26.8. The Bertz CT molecular complexity index is 544. The van der Waals surface area contributed by atoms with Crippen molar-refractivity contribution in [2.45, 2.75) is 45.2 Å². The lowest BCUT2D eigenvalue weighted by Crippen LogP contribution is -2.51. The number of carbonyl (C=O) groups excluding carboxylic acids is 1. The molecule has 1 saturated heterocycles. The molecule has 3 atom stereocenters. The monoisotopic (exact) mass is 320 g/mol. The van der Waals surface area contributed by atoms with Crippen LogP contribution in [0.4, 0.5) is 0 Å². The van der Waals surface area contributed by atoms with E-state index in [0.717, 1.165) is 42.9 Å². The van der Waals surface area contributed by atoms with Crippen molar-refractivity contribution in [1.29, 1.82) is 0 Å². The first kappa shape index (κ1) is 15.8. The molecule has 1 saturated carbocycles. The largest absolute Gasteiger partial charge is 0.342 e. The summed E-state index contributed by atoms with van der Waals surface area (Å²) in [6.45, 7) is 6.16. The highest BCUT2D eigenvalue weighted by molar-refractivity contribution is 6.31. The number of nitrogens with one attached hydrogen (secondary N) is 1. The number of nitrogens with zero attached hydrogens (tertiary/aromatic N) is 1. The number of benzene rings is 1. The van der Waals surface area contributed by atoms with Crippen molar-refractivity contribution in [3.05, 3.63) is 34.9 Å². The van der Waals surface area contributed by atoms with Crippen molar-refractivity contribution in [2.75, 3.05) is 13.1 Å². The van der Waals surface area contributed by atoms with Crippen molar-refractivity contribution in [1.82, 2.24) is 10.2 Å². The number of amides is 1. The van der Waals surface area contributed by atoms with Gasteiger partial charge in [-0.25, -0.2) is 0 Å². The smallest absolute Gasteiger partial charge is 0.225 e. The first-order valence-corrected chi connectivity index (χ1v) is 8.73. The average Bonchev–Trinajstić information content (AvgIpc) is 3.33. The van der Waals surface area contributed by atoms with E-state index >= 15 is 0 Å². The third kappa shape index (κ3) is 3.47. The second-order valence-electron chi connectivity index (χ2n) is 6.84. The summed E-state index contributed by atoms with van der Waals surface area (Å²) in [4.78, 5) is 14.3. The van der Waals surface area contributed by atoms with Crippen LogP contribution >= 0.6 is 11.6 Å². The van der Waals surface area contributed by atoms with Gasteiger partial charge in [0.1, 0.15) is 0 Å². The standard InChI is InChI=1S/C18H25ClN2O/c1-12-11-21(18(22)14-7-8-14)10-9-17(12)20-13(2)15-5-3-4-6-16(15)19/h3-6,12-14,17,20H,7-11H2,1-2H3/t12-,13+,17-/m1/s1. The zero-order chi connectivity index (χ0) is 15.7. The van der Waals surface area contributed by atoms with Gasteiger partial charge in [0.15, 0.2) is 0 Å². The SMILES string of the molecule is C[C@H](N[C@@H]1CCN(C(=O)C2CC2)C[C@H]1C)c1ccccc1Cl. The number of carbonyl (C=O) groups is 1. The number of rotatable bonds is 4. The van der Waals surface area contributed by atoms with Crippen LogP contribution in [0.1, 0.15) is 44.7 Å². The van der Waals surface area contributed by atoms with E-state index in [2.05, 4.69) is 30.1 Å². The molecular formula is C18H25ClN2O. The molecule has 0 spiro atoms. The van der Waals surface area contributed by atoms with Crippen molar-refractivity contribution in [3.8, 4) is 0 Å². The maximum atomic E-state index is 12.2. The summed E-state index contributed by atoms with van der Waals surface area (Å²) >= 11 is 6.29. The van der Waals surface area contributed by atoms with E-state index < -0.39 is 0 Å². The first-order chi connectivity index (χ1) is 10.6. The van der Waals surface area contributed by atoms with Crippen LogP contribution in [-0.4, -0.2) is 29.9 Å². The third-order valence-corrected chi connectivity index (χ3v) is 5.32. The van der Waals surface area contributed by atoms with Crippen LogP contribution in [0.5, 0.6) is 0 Å². The zero-order valence-electron chi connectivity index (χ0n) is 13.4. The topological polar surface area (TPSA) is 32.3 Å². The molecule has 22 heavy (non-hydrogen) atoms. The fourth-order valence-electron chi connectivity index (χ4n) is 3.42. The predicted octanol–water partition coefficient (Wildman–Crippen LogP) is 3.64. The Labute approximate surface area is 138 Å². The van der Waals surface area contributed by atoms with Gasteiger partial charge in [0.25, 0.3) is 0 Å². The Morgan fingerprint density at radius 3 is 2.68 bits per heavy atom. The van der Waals surface area contributed by atoms with Crippen LogP contribution in [-0.2, 0) is 4.79 Å². The molecule has 0 unspecified atom stereocenters. The van der Waals surface area contributed by atoms with Crippen molar-refractivity contribution in [3.63, 3.8) is 0 Å². The molecule has 1 aliphatic carbocycles. The van der Waals surface area contributed by atoms with Gasteiger partial charge in [0, 0.05) is 36.1 Å². The number of halogens is 1. The van der Waals surface area contributed by atoms with E-state index in [1.807, 2.05) is 18.2 Å². The third-order valence-electron chi connectivity index (χ3n) is 4.98. The van der Waals surface area contributed by atoms with Crippen LogP contribution in [0.3, 0.4) is 0 Å². The minimum Gasteiger partial charge on any atom is -0.342 e. The van der Waals surface area contributed by atoms with Crippen molar-refractivity contribution >= 4 is 17.5 Å². The highest BCUT2D eigenvalue weighted by Gasteiger charge is 2.37. The van der Waals surface area contributed by atoms with Gasteiger partial charge in [-0.3, -0.25) is 4.79 Å². The van der Waals surface area contributed by atoms with Gasteiger partial charge in [0.05, 0.1) is 0 Å². The minimum absolute atomic E-state index is 0.229. The van der Waals surface area contributed by atoms with Crippen LogP contribution in [0.2, 0.25) is 5.02 Å². The fraction of sp³-hybridized carbons (Fsp3) is 0.611. The molecule has 2 fully saturated rings. The molecule has 0 bridgehead atoms. The minimum atomic E-state index is 0.229. The first-order valence-electron chi connectivity index (χ1n) is 8.35. The van der Waals surface area contributed by atoms with Gasteiger partial charge in [-0.05, 0) is 43.7 Å². The number of likely N-dealkylation sites (tertiary alicyclic amines) is 1. The molecule has 0 aromatic heterocycles. The van der Waals surface area contributed by atoms with E-state index in [1.54, 1.807) is 0 Å². The van der Waals surface area contributed by atoms with E-state index in [4.69, 9.17) is 11.6 Å². The van der Waals surface area contributed by atoms with Crippen LogP contribution < -0.4 is 5.32 Å². The molecule has 1 aliphatic heterocycles. The molecule has 2 aliphatic rings. The summed E-state index contributed by atoms with van der Waals surface area (Å²) in [6.07, 6.45) is 3.21. The molecule has 0 radical (unpaired) electrons. The fourth-order valence-corrected chi connectivity index (χ4v) is 3.72. The second kappa shape index (κ2) is 6.59. The highest BCUT2D eigenvalue weighted by Crippen LogP contribution is 2.33. The van der Waals surface area contributed by atoms with Crippen molar-refractivity contribution < 1.29 is 4.79 Å². The Morgan fingerprint density at radius 1 is 1.32 bits per heavy atom. The highest BCUT2D eigenvalue weighted by atomic mass is 35.5. The summed E-state index contributed by atoms with van der Waals surface area (Å²) in [6, 6.07) is 8.68. The maximum Gasteiger partial charge on any atom is 0.225 e. The molecule has 1 N–H and O–H groups in total. The lowest BCUT2D eigenvalue weighted by atomic mass is 9.92. The van der Waals surface area contributed by atoms with Crippen LogP contribution in [0, 0.1) is 11.8 Å². The lowest BCUT2D eigenvalue weighted by molar-refractivity contribution is -0.134. The Kier molecular flexibility index (Phi) is 4.74. The zero-order valence-corrected chi connectivity index (χ0v) is 14.1. The number of piperidine rings is 1. The predicted molar refractivity (Wildman–Crippen MR) is 89.9 cm³/mol. The molecule has 1 aromatic rings. The molecule has 3 nitrogen and oxygen atoms in total. The van der Waals surface area contributed by atoms with Gasteiger partial charge in [-0.2, -0.15) is 0 Å². The van der Waals surface area contributed by atoms with E-state index in [0.29, 0.717) is 23.8 Å². The Hall–Kier alpha value is -1.06. The van der Waals surface area contributed by atoms with Gasteiger partial charge in [0.2, 0.25) is 5.91 Å². The molecule has 4 heteroatoms. The second-order valence-corrected chi connectivity index (χ2v) is 7.25. The Balaban J connectivity index is 1.57. The van der Waals surface area contributed by atoms with E-state index in [9.17, 15) is 4.79 Å². The number of hydrogen-bond acceptors (Lipinski definition) is 2. The van der Waals surface area contributed by atoms with Crippen LogP contribution in [0.25, 0.3) is 0 Å². The quantitative estimate of drug-likeness (QED) is 0.918. The average molecular weight is 321 g/mol. The summed E-state index contributed by atoms with van der Waals surface area (Å²) in [5, 5.41) is 4.52. The maximum absolute atomic E-state index is 12.2. The van der Waals surface area contributed by atoms with E-state index in [-0.39, 0.29) is 6.04 Å². The molecule has 3 rings (SSSR count). The lowest BCUT2D eigenvalue weighted by Gasteiger charge is -2.39. The summed E-state index contributed by atoms with van der Waals surface area (Å²) < 4.78 is 0. The van der Waals surface area contributed by atoms with Crippen LogP contribution in [0.15, 0.2) is 24.3 Å². The van der Waals surface area contributed by atoms with Crippen molar-refractivity contribution in [2.24, 2.45) is 11.8 Å². The summed E-state index contributed by atoms with van der Waals surface area (Å²) in [7, 11) is 0. The molecular weight excluding hydrogens is 296 g/mol.